The summed E-state index contributed by atoms with van der Waals surface area (Å²) in [5.41, 5.74) is 3.17. The molecule has 2 amide bonds. The Bertz CT molecular complexity index is 1650. The number of hydrogen-bond donors (Lipinski definition) is 1. The Morgan fingerprint density at radius 2 is 1.93 bits per heavy atom. The van der Waals surface area contributed by atoms with Crippen molar-refractivity contribution in [1.29, 1.82) is 0 Å². The minimum absolute atomic E-state index is 0.174. The molecule has 0 saturated carbocycles. The Morgan fingerprint density at radius 3 is 2.61 bits per heavy atom. The van der Waals surface area contributed by atoms with Gasteiger partial charge in [-0.1, -0.05) is 29.8 Å². The monoisotopic (exact) mass is 604 g/mol. The number of thioether (sulfide) groups is 1. The Labute approximate surface area is 249 Å². The summed E-state index contributed by atoms with van der Waals surface area (Å²) in [6.07, 6.45) is 1.56. The lowest BCUT2D eigenvalue weighted by Crippen LogP contribution is -2.42. The molecule has 1 atom stereocenters. The number of halogens is 1. The summed E-state index contributed by atoms with van der Waals surface area (Å²) in [7, 11) is 1.61. The predicted molar refractivity (Wildman–Crippen MR) is 162 cm³/mol. The van der Waals surface area contributed by atoms with Crippen LogP contribution < -0.4 is 15.0 Å². The number of nitrogens with one attached hydrogen (secondary N) is 1. The second-order valence-corrected chi connectivity index (χ2v) is 11.8. The standard InChI is InChI=1S/C30H25ClN4O4S2/c1-38-22-12-10-21(11-13-22)35-30-27(28(33-35)19-6-8-20(31)9-7-19)29(24-5-3-15-40-24)41-18-26(37)34(30)17-25(36)32-16-23-4-2-14-39-23/h2-15,29H,16-18H2,1H3,(H,32,36). The van der Waals surface area contributed by atoms with Crippen molar-refractivity contribution in [2.45, 2.75) is 11.8 Å². The van der Waals surface area contributed by atoms with Crippen LogP contribution in [-0.2, 0) is 16.1 Å². The van der Waals surface area contributed by atoms with Crippen molar-refractivity contribution in [3.8, 4) is 22.7 Å². The molecule has 5 aromatic rings. The third-order valence-electron chi connectivity index (χ3n) is 6.67. The van der Waals surface area contributed by atoms with Crippen molar-refractivity contribution in [3.05, 3.63) is 106 Å². The van der Waals surface area contributed by atoms with E-state index in [-0.39, 0.29) is 35.9 Å². The molecule has 1 aliphatic heterocycles. The SMILES string of the molecule is COc1ccc(-n2nc(-c3ccc(Cl)cc3)c3c2N(CC(=O)NCc2ccco2)C(=O)CSC3c2cccs2)cc1. The quantitative estimate of drug-likeness (QED) is 0.222. The average molecular weight is 605 g/mol. The molecule has 11 heteroatoms. The largest absolute Gasteiger partial charge is 0.497 e. The topological polar surface area (TPSA) is 89.6 Å². The molecule has 2 aromatic carbocycles. The molecule has 0 spiro atoms. The van der Waals surface area contributed by atoms with Gasteiger partial charge in [-0.05, 0) is 60.0 Å². The summed E-state index contributed by atoms with van der Waals surface area (Å²) >= 11 is 9.39. The third kappa shape index (κ3) is 5.63. The Kier molecular flexibility index (Phi) is 7.86. The fourth-order valence-electron chi connectivity index (χ4n) is 4.71. The first-order valence-corrected chi connectivity index (χ1v) is 15.1. The number of ether oxygens (including phenoxy) is 1. The number of amides is 2. The molecule has 0 fully saturated rings. The van der Waals surface area contributed by atoms with E-state index in [2.05, 4.69) is 11.4 Å². The first kappa shape index (κ1) is 27.2. The van der Waals surface area contributed by atoms with Crippen LogP contribution in [0.2, 0.25) is 5.02 Å². The molecule has 1 aliphatic rings. The van der Waals surface area contributed by atoms with Crippen LogP contribution in [0.4, 0.5) is 5.82 Å². The van der Waals surface area contributed by atoms with Crippen molar-refractivity contribution < 1.29 is 18.7 Å². The molecule has 8 nitrogen and oxygen atoms in total. The first-order valence-electron chi connectivity index (χ1n) is 12.8. The lowest BCUT2D eigenvalue weighted by Gasteiger charge is -2.23. The van der Waals surface area contributed by atoms with Crippen LogP contribution in [0, 0.1) is 0 Å². The van der Waals surface area contributed by atoms with Crippen molar-refractivity contribution in [2.24, 2.45) is 0 Å². The summed E-state index contributed by atoms with van der Waals surface area (Å²) in [5, 5.41) is 10.4. The zero-order chi connectivity index (χ0) is 28.3. The van der Waals surface area contributed by atoms with E-state index in [0.717, 1.165) is 21.7 Å². The lowest BCUT2D eigenvalue weighted by atomic mass is 10.0. The number of furan rings is 1. The highest BCUT2D eigenvalue weighted by molar-refractivity contribution is 8.00. The van der Waals surface area contributed by atoms with Crippen molar-refractivity contribution in [2.75, 3.05) is 24.3 Å². The van der Waals surface area contributed by atoms with Gasteiger partial charge in [0.05, 0.1) is 42.3 Å². The van der Waals surface area contributed by atoms with Gasteiger partial charge >= 0.3 is 0 Å². The number of thiophene rings is 1. The number of aromatic nitrogens is 2. The molecule has 1 unspecified atom stereocenters. The van der Waals surface area contributed by atoms with Crippen LogP contribution in [-0.4, -0.2) is 41.0 Å². The van der Waals surface area contributed by atoms with Gasteiger partial charge in [0.2, 0.25) is 11.8 Å². The number of methoxy groups -OCH3 is 1. The van der Waals surface area contributed by atoms with Crippen molar-refractivity contribution in [3.63, 3.8) is 0 Å². The van der Waals surface area contributed by atoms with Crippen molar-refractivity contribution >= 4 is 52.3 Å². The molecule has 6 rings (SSSR count). The smallest absolute Gasteiger partial charge is 0.240 e. The Morgan fingerprint density at radius 1 is 1.12 bits per heavy atom. The molecule has 41 heavy (non-hydrogen) atoms. The van der Waals surface area contributed by atoms with E-state index in [1.807, 2.05) is 60.0 Å². The summed E-state index contributed by atoms with van der Waals surface area (Å²) in [5.74, 6) is 1.59. The molecule has 1 N–H and O–H groups in total. The summed E-state index contributed by atoms with van der Waals surface area (Å²) in [4.78, 5) is 29.6. The van der Waals surface area contributed by atoms with Crippen LogP contribution in [0.1, 0.15) is 21.5 Å². The molecular weight excluding hydrogens is 580 g/mol. The average Bonchev–Trinajstić information content (AvgIpc) is 3.77. The molecule has 4 heterocycles. The maximum atomic E-state index is 13.8. The number of benzene rings is 2. The maximum Gasteiger partial charge on any atom is 0.240 e. The van der Waals surface area contributed by atoms with E-state index >= 15 is 0 Å². The molecule has 0 aliphatic carbocycles. The Balaban J connectivity index is 1.52. The van der Waals surface area contributed by atoms with E-state index in [1.165, 1.54) is 11.8 Å². The Hall–Kier alpha value is -3.99. The van der Waals surface area contributed by atoms with Gasteiger partial charge in [0.1, 0.15) is 23.9 Å². The second-order valence-electron chi connectivity index (χ2n) is 9.25. The van der Waals surface area contributed by atoms with Gasteiger partial charge in [0, 0.05) is 21.0 Å². The highest BCUT2D eigenvalue weighted by Crippen LogP contribution is 2.49. The van der Waals surface area contributed by atoms with Gasteiger partial charge in [-0.3, -0.25) is 14.5 Å². The molecule has 0 radical (unpaired) electrons. The van der Waals surface area contributed by atoms with Crippen LogP contribution >= 0.6 is 34.7 Å². The van der Waals surface area contributed by atoms with E-state index in [9.17, 15) is 9.59 Å². The first-order chi connectivity index (χ1) is 20.0. The zero-order valence-electron chi connectivity index (χ0n) is 22.0. The van der Waals surface area contributed by atoms with Crippen LogP contribution in [0.5, 0.6) is 5.75 Å². The fourth-order valence-corrected chi connectivity index (χ4v) is 7.01. The minimum atomic E-state index is -0.309. The number of rotatable bonds is 8. The number of anilines is 1. The molecule has 0 bridgehead atoms. The molecular formula is C30H25ClN4O4S2. The number of nitrogens with zero attached hydrogens (tertiary/aromatic N) is 3. The van der Waals surface area contributed by atoms with Gasteiger partial charge in [-0.25, -0.2) is 4.68 Å². The molecule has 208 valence electrons. The summed E-state index contributed by atoms with van der Waals surface area (Å²) < 4.78 is 12.5. The van der Waals surface area contributed by atoms with E-state index in [0.29, 0.717) is 28.0 Å². The lowest BCUT2D eigenvalue weighted by molar-refractivity contribution is -0.123. The maximum absolute atomic E-state index is 13.8. The van der Waals surface area contributed by atoms with Gasteiger partial charge < -0.3 is 14.5 Å². The third-order valence-corrected chi connectivity index (χ3v) is 9.24. The molecule has 3 aromatic heterocycles. The fraction of sp³-hybridized carbons (Fsp3) is 0.167. The van der Waals surface area contributed by atoms with Crippen LogP contribution in [0.25, 0.3) is 16.9 Å². The zero-order valence-corrected chi connectivity index (χ0v) is 24.3. The van der Waals surface area contributed by atoms with E-state index in [1.54, 1.807) is 46.4 Å². The second kappa shape index (κ2) is 11.9. The number of carbonyl (C=O) groups excluding carboxylic acids is 2. The number of carbonyl (C=O) groups is 2. The highest BCUT2D eigenvalue weighted by Gasteiger charge is 2.38. The highest BCUT2D eigenvalue weighted by atomic mass is 35.5. The summed E-state index contributed by atoms with van der Waals surface area (Å²) in [6.45, 7) is 0.0488. The predicted octanol–water partition coefficient (Wildman–Crippen LogP) is 6.34. The number of hydrogen-bond acceptors (Lipinski definition) is 7. The summed E-state index contributed by atoms with van der Waals surface area (Å²) in [6, 6.07) is 22.6. The van der Waals surface area contributed by atoms with E-state index in [4.69, 9.17) is 25.9 Å². The molecule has 0 saturated heterocycles. The van der Waals surface area contributed by atoms with E-state index < -0.39 is 0 Å². The van der Waals surface area contributed by atoms with Crippen molar-refractivity contribution in [1.82, 2.24) is 15.1 Å². The van der Waals surface area contributed by atoms with Gasteiger partial charge in [0.25, 0.3) is 0 Å². The van der Waals surface area contributed by atoms with Gasteiger partial charge in [-0.2, -0.15) is 5.10 Å². The van der Waals surface area contributed by atoms with Gasteiger partial charge in [-0.15, -0.1) is 23.1 Å². The van der Waals surface area contributed by atoms with Crippen LogP contribution in [0.3, 0.4) is 0 Å². The normalized spacial score (nSPS) is 14.9. The number of fused-ring (bicyclic) bond motifs is 1. The van der Waals surface area contributed by atoms with Crippen LogP contribution in [0.15, 0.2) is 88.9 Å². The van der Waals surface area contributed by atoms with Gasteiger partial charge in [0.15, 0.2) is 0 Å². The minimum Gasteiger partial charge on any atom is -0.497 e.